The Morgan fingerprint density at radius 1 is 1.15 bits per heavy atom. The highest BCUT2D eigenvalue weighted by molar-refractivity contribution is 7.89. The van der Waals surface area contributed by atoms with Gasteiger partial charge in [0.1, 0.15) is 4.90 Å². The summed E-state index contributed by atoms with van der Waals surface area (Å²) in [5.41, 5.74) is 1.13. The Morgan fingerprint density at radius 3 is 2.50 bits per heavy atom. The first-order valence-electron chi connectivity index (χ1n) is 8.43. The normalized spacial score (nSPS) is 11.3. The minimum absolute atomic E-state index is 0.0818. The van der Waals surface area contributed by atoms with E-state index < -0.39 is 10.0 Å². The molecule has 2 rings (SSSR count). The van der Waals surface area contributed by atoms with E-state index in [2.05, 4.69) is 4.72 Å². The molecule has 0 radical (unpaired) electrons. The van der Waals surface area contributed by atoms with Gasteiger partial charge in [-0.2, -0.15) is 0 Å². The number of hydrogen-bond acceptors (Lipinski definition) is 3. The molecule has 0 aliphatic heterocycles. The van der Waals surface area contributed by atoms with Crippen molar-refractivity contribution in [3.63, 3.8) is 0 Å². The zero-order valence-electron chi connectivity index (χ0n) is 14.9. The van der Waals surface area contributed by atoms with Gasteiger partial charge in [0.05, 0.1) is 5.02 Å². The van der Waals surface area contributed by atoms with Crippen molar-refractivity contribution in [3.05, 3.63) is 64.7 Å². The molecule has 2 aromatic rings. The van der Waals surface area contributed by atoms with Crippen LogP contribution in [0.25, 0.3) is 0 Å². The minimum Gasteiger partial charge on any atom is -0.342 e. The zero-order chi connectivity index (χ0) is 19.2. The number of sulfonamides is 1. The fourth-order valence-corrected chi connectivity index (χ4v) is 3.95. The number of rotatable bonds is 8. The topological polar surface area (TPSA) is 66.5 Å². The molecule has 0 spiro atoms. The first kappa shape index (κ1) is 20.4. The molecular formula is C19H23ClN2O3S. The molecule has 1 N–H and O–H groups in total. The van der Waals surface area contributed by atoms with Gasteiger partial charge in [-0.25, -0.2) is 13.1 Å². The van der Waals surface area contributed by atoms with Gasteiger partial charge >= 0.3 is 0 Å². The fraction of sp³-hybridized carbons (Fsp3) is 0.316. The monoisotopic (exact) mass is 394 g/mol. The summed E-state index contributed by atoms with van der Waals surface area (Å²) in [5.74, 6) is -0.227. The molecule has 26 heavy (non-hydrogen) atoms. The standard InChI is InChI=1S/C19H23ClN2O3S/c1-3-4-12-22(2)19(23)16-10-11-17(20)18(13-16)26(24,25)21-14-15-8-6-5-7-9-15/h5-11,13,21H,3-4,12,14H2,1-2H3. The third-order valence-corrected chi connectivity index (χ3v) is 5.85. The van der Waals surface area contributed by atoms with Crippen molar-refractivity contribution >= 4 is 27.5 Å². The molecule has 0 bridgehead atoms. The van der Waals surface area contributed by atoms with Crippen LogP contribution in [0.15, 0.2) is 53.4 Å². The average Bonchev–Trinajstić information content (AvgIpc) is 2.65. The largest absolute Gasteiger partial charge is 0.342 e. The summed E-state index contributed by atoms with van der Waals surface area (Å²) in [4.78, 5) is 14.0. The van der Waals surface area contributed by atoms with Crippen molar-refractivity contribution in [2.45, 2.75) is 31.2 Å². The molecule has 0 aliphatic carbocycles. The zero-order valence-corrected chi connectivity index (χ0v) is 16.5. The molecule has 0 heterocycles. The highest BCUT2D eigenvalue weighted by Gasteiger charge is 2.21. The second-order valence-corrected chi connectivity index (χ2v) is 8.18. The molecule has 0 aliphatic rings. The summed E-state index contributed by atoms with van der Waals surface area (Å²) in [6.45, 7) is 2.81. The van der Waals surface area contributed by atoms with Crippen LogP contribution in [0, 0.1) is 0 Å². The van der Waals surface area contributed by atoms with Gasteiger partial charge in [-0.1, -0.05) is 55.3 Å². The van der Waals surface area contributed by atoms with Crippen molar-refractivity contribution in [1.82, 2.24) is 9.62 Å². The Balaban J connectivity index is 2.21. The van der Waals surface area contributed by atoms with Crippen LogP contribution in [-0.2, 0) is 16.6 Å². The van der Waals surface area contributed by atoms with Crippen molar-refractivity contribution in [2.75, 3.05) is 13.6 Å². The summed E-state index contributed by atoms with van der Waals surface area (Å²) in [5, 5.41) is 0.0818. The maximum absolute atomic E-state index is 12.6. The molecule has 0 saturated carbocycles. The van der Waals surface area contributed by atoms with Gasteiger partial charge in [0.2, 0.25) is 10.0 Å². The van der Waals surface area contributed by atoms with Gasteiger partial charge < -0.3 is 4.90 Å². The molecule has 0 saturated heterocycles. The summed E-state index contributed by atoms with van der Waals surface area (Å²) >= 11 is 6.09. The van der Waals surface area contributed by atoms with Crippen LogP contribution in [0.5, 0.6) is 0 Å². The van der Waals surface area contributed by atoms with Gasteiger partial charge in [-0.05, 0) is 30.2 Å². The Labute approximate surface area is 160 Å². The van der Waals surface area contributed by atoms with E-state index in [1.165, 1.54) is 12.1 Å². The number of benzene rings is 2. The molecule has 0 atom stereocenters. The summed E-state index contributed by atoms with van der Waals surface area (Å²) in [6.07, 6.45) is 1.86. The van der Waals surface area contributed by atoms with Gasteiger partial charge in [0.25, 0.3) is 5.91 Å². The molecule has 0 aromatic heterocycles. The second kappa shape index (κ2) is 9.16. The quantitative estimate of drug-likeness (QED) is 0.742. The average molecular weight is 395 g/mol. The van der Waals surface area contributed by atoms with E-state index in [9.17, 15) is 13.2 Å². The van der Waals surface area contributed by atoms with Crippen molar-refractivity contribution in [1.29, 1.82) is 0 Å². The van der Waals surface area contributed by atoms with Gasteiger partial charge in [0, 0.05) is 25.7 Å². The van der Waals surface area contributed by atoms with E-state index in [0.29, 0.717) is 12.1 Å². The number of nitrogens with zero attached hydrogens (tertiary/aromatic N) is 1. The number of carbonyl (C=O) groups excluding carboxylic acids is 1. The highest BCUT2D eigenvalue weighted by atomic mass is 35.5. The van der Waals surface area contributed by atoms with Crippen LogP contribution in [0.4, 0.5) is 0 Å². The van der Waals surface area contributed by atoms with E-state index in [0.717, 1.165) is 18.4 Å². The van der Waals surface area contributed by atoms with Gasteiger partial charge in [0.15, 0.2) is 0 Å². The Hall–Kier alpha value is -1.89. The van der Waals surface area contributed by atoms with Gasteiger partial charge in [-0.3, -0.25) is 4.79 Å². The Morgan fingerprint density at radius 2 is 1.85 bits per heavy atom. The summed E-state index contributed by atoms with van der Waals surface area (Å²) in [7, 11) is -2.14. The molecule has 1 amide bonds. The highest BCUT2D eigenvalue weighted by Crippen LogP contribution is 2.23. The first-order chi connectivity index (χ1) is 12.3. The van der Waals surface area contributed by atoms with Gasteiger partial charge in [-0.15, -0.1) is 0 Å². The van der Waals surface area contributed by atoms with E-state index in [1.54, 1.807) is 18.0 Å². The van der Waals surface area contributed by atoms with Crippen LogP contribution in [0.2, 0.25) is 5.02 Å². The molecule has 0 fully saturated rings. The Bertz CT molecular complexity index is 854. The Kier molecular flexibility index (Phi) is 7.20. The molecule has 5 nitrogen and oxygen atoms in total. The van der Waals surface area contributed by atoms with Crippen molar-refractivity contribution < 1.29 is 13.2 Å². The molecule has 0 unspecified atom stereocenters. The van der Waals surface area contributed by atoms with Crippen LogP contribution < -0.4 is 4.72 Å². The maximum atomic E-state index is 12.6. The first-order valence-corrected chi connectivity index (χ1v) is 10.3. The van der Waals surface area contributed by atoms with E-state index in [4.69, 9.17) is 11.6 Å². The summed E-state index contributed by atoms with van der Waals surface area (Å²) < 4.78 is 27.8. The maximum Gasteiger partial charge on any atom is 0.253 e. The molecule has 7 heteroatoms. The number of hydrogen-bond donors (Lipinski definition) is 1. The van der Waals surface area contributed by atoms with Crippen molar-refractivity contribution in [2.24, 2.45) is 0 Å². The van der Waals surface area contributed by atoms with E-state index >= 15 is 0 Å². The molecular weight excluding hydrogens is 372 g/mol. The lowest BCUT2D eigenvalue weighted by molar-refractivity contribution is 0.0793. The predicted octanol–water partition coefficient (Wildman–Crippen LogP) is 3.69. The lowest BCUT2D eigenvalue weighted by atomic mass is 10.2. The van der Waals surface area contributed by atoms with Crippen LogP contribution in [0.3, 0.4) is 0 Å². The number of carbonyl (C=O) groups is 1. The SMILES string of the molecule is CCCCN(C)C(=O)c1ccc(Cl)c(S(=O)(=O)NCc2ccccc2)c1. The second-order valence-electron chi connectivity index (χ2n) is 6.04. The van der Waals surface area contributed by atoms with Crippen LogP contribution in [0.1, 0.15) is 35.7 Å². The van der Waals surface area contributed by atoms with E-state index in [-0.39, 0.29) is 22.4 Å². The third kappa shape index (κ3) is 5.30. The van der Waals surface area contributed by atoms with Crippen LogP contribution >= 0.6 is 11.6 Å². The number of unbranched alkanes of at least 4 members (excludes halogenated alkanes) is 1. The molecule has 140 valence electrons. The lowest BCUT2D eigenvalue weighted by Gasteiger charge is -2.17. The molecule has 2 aromatic carbocycles. The smallest absolute Gasteiger partial charge is 0.253 e. The minimum atomic E-state index is -3.84. The lowest BCUT2D eigenvalue weighted by Crippen LogP contribution is -2.28. The van der Waals surface area contributed by atoms with Crippen LogP contribution in [-0.4, -0.2) is 32.8 Å². The number of halogens is 1. The number of nitrogens with one attached hydrogen (secondary N) is 1. The number of amides is 1. The summed E-state index contributed by atoms with van der Waals surface area (Å²) in [6, 6.07) is 13.5. The fourth-order valence-electron chi connectivity index (χ4n) is 2.41. The van der Waals surface area contributed by atoms with Crippen molar-refractivity contribution in [3.8, 4) is 0 Å². The predicted molar refractivity (Wildman–Crippen MR) is 104 cm³/mol. The van der Waals surface area contributed by atoms with E-state index in [1.807, 2.05) is 37.3 Å². The third-order valence-electron chi connectivity index (χ3n) is 3.97.